The van der Waals surface area contributed by atoms with Crippen LogP contribution in [0.5, 0.6) is 0 Å². The lowest BCUT2D eigenvalue weighted by Crippen LogP contribution is -2.56. The van der Waals surface area contributed by atoms with Crippen LogP contribution in [0.15, 0.2) is 12.2 Å². The summed E-state index contributed by atoms with van der Waals surface area (Å²) in [6.45, 7) is 0. The molecule has 32 heteroatoms. The Hall–Kier alpha value is -2.02. The van der Waals surface area contributed by atoms with Crippen molar-refractivity contribution < 1.29 is 125 Å². The average Bonchev–Trinajstić information content (AvgIpc) is 2.65. The molecule has 0 fully saturated rings. The Labute approximate surface area is 224 Å². The highest BCUT2D eigenvalue weighted by Crippen LogP contribution is 2.51. The molecule has 0 aliphatic carbocycles. The van der Waals surface area contributed by atoms with Crippen LogP contribution in [0.2, 0.25) is 0 Å². The van der Waals surface area contributed by atoms with Crippen molar-refractivity contribution >= 4 is 30.7 Å². The van der Waals surface area contributed by atoms with E-state index in [1.54, 1.807) is 0 Å². The van der Waals surface area contributed by atoms with E-state index in [-0.39, 0.29) is 14.9 Å². The molecule has 6 nitrogen and oxygen atoms in total. The first-order valence-electron chi connectivity index (χ1n) is 7.04. The van der Waals surface area contributed by atoms with Gasteiger partial charge < -0.3 is 0 Å². The zero-order chi connectivity index (χ0) is 35.7. The molecule has 0 saturated heterocycles. The predicted octanol–water partition coefficient (Wildman–Crippen LogP) is 8.17. The SMILES string of the molecule is C.C.CF.FC(F)=C(F)F.O=S(=O)(C(F)(F)C(F)(F)F)C(F)(F)C(F)(F)F.O=S(=O)(F)C(F)(F)C(F)(F)F.O=S(=O)(F)F. The van der Waals surface area contributed by atoms with Crippen LogP contribution in [0.1, 0.15) is 14.9 Å². The van der Waals surface area contributed by atoms with E-state index < -0.39 is 77.1 Å². The molecule has 0 amide bonds. The number of hydrogen-bond donors (Lipinski definition) is 0. The van der Waals surface area contributed by atoms with E-state index in [9.17, 15) is 108 Å². The molecule has 0 aliphatic heterocycles. The Balaban J connectivity index is -0.0000000859. The number of rotatable bonds is 3. The highest BCUT2D eigenvalue weighted by molar-refractivity contribution is 7.93. The fourth-order valence-corrected chi connectivity index (χ4v) is 1.81. The molecule has 0 saturated carbocycles. The van der Waals surface area contributed by atoms with Gasteiger partial charge in [0.1, 0.15) is 0 Å². The molecule has 0 aromatic rings. The number of alkyl halides is 16. The lowest BCUT2D eigenvalue weighted by atomic mass is 10.7. The monoisotopic (exact) mass is 772 g/mol. The van der Waals surface area contributed by atoms with Gasteiger partial charge in [0.15, 0.2) is 0 Å². The summed E-state index contributed by atoms with van der Waals surface area (Å²) in [5.41, 5.74) is 0. The summed E-state index contributed by atoms with van der Waals surface area (Å²) in [6.07, 6.45) is -26.4. The minimum atomic E-state index is -8.17. The first kappa shape index (κ1) is 56.7. The Bertz CT molecular complexity index is 1090. The van der Waals surface area contributed by atoms with Gasteiger partial charge in [-0.2, -0.15) is 100 Å². The number of sulfone groups is 1. The molecule has 0 radical (unpaired) electrons. The van der Waals surface area contributed by atoms with Gasteiger partial charge in [0.25, 0.3) is 9.84 Å². The number of hydrogen-bond acceptors (Lipinski definition) is 6. The van der Waals surface area contributed by atoms with Gasteiger partial charge in [-0.25, -0.2) is 8.42 Å². The number of halogens is 23. The lowest BCUT2D eigenvalue weighted by Gasteiger charge is -2.26. The standard InChI is InChI=1S/C4F10O2S.C2F6O2S.C2F4.CH3F.2CH4.F2O2S/c5-1(6,7)3(11,12)17(15,16)4(13,14)2(8,9)10;3-1(4,5)2(6,7)11(8,9)10;3-1(4)2(5)6;1-2;;;1-5(2,3)4/h;;;1H3;2*1H4;. The van der Waals surface area contributed by atoms with E-state index in [0.29, 0.717) is 7.18 Å². The van der Waals surface area contributed by atoms with Gasteiger partial charge in [-0.1, -0.05) is 26.5 Å². The molecular weight excluding hydrogens is 761 g/mol. The van der Waals surface area contributed by atoms with Crippen molar-refractivity contribution in [2.75, 3.05) is 7.18 Å². The molecule has 0 heterocycles. The zero-order valence-corrected chi connectivity index (χ0v) is 19.8. The maximum atomic E-state index is 12.0. The van der Waals surface area contributed by atoms with Crippen molar-refractivity contribution in [1.29, 1.82) is 0 Å². The van der Waals surface area contributed by atoms with Crippen LogP contribution in [0.3, 0.4) is 0 Å². The molecule has 0 unspecified atom stereocenters. The Morgan fingerprint density at radius 3 is 0.605 bits per heavy atom. The van der Waals surface area contributed by atoms with Crippen molar-refractivity contribution in [1.82, 2.24) is 0 Å². The Morgan fingerprint density at radius 1 is 0.419 bits per heavy atom. The molecular formula is C11H11F23O6S3. The van der Waals surface area contributed by atoms with E-state index >= 15 is 0 Å². The van der Waals surface area contributed by atoms with Crippen molar-refractivity contribution in [3.05, 3.63) is 12.2 Å². The Kier molecular flexibility index (Phi) is 23.8. The van der Waals surface area contributed by atoms with Gasteiger partial charge in [0.2, 0.25) is 0 Å². The minimum Gasteiger partial charge on any atom is -0.255 e. The van der Waals surface area contributed by atoms with Crippen LogP contribution in [-0.4, -0.2) is 66.7 Å². The maximum absolute atomic E-state index is 12.0. The highest BCUT2D eigenvalue weighted by Gasteiger charge is 2.81. The lowest BCUT2D eigenvalue weighted by molar-refractivity contribution is -0.262. The van der Waals surface area contributed by atoms with E-state index in [4.69, 9.17) is 16.8 Å². The molecule has 0 spiro atoms. The smallest absolute Gasteiger partial charge is 0.255 e. The first-order chi connectivity index (χ1) is 17.1. The van der Waals surface area contributed by atoms with E-state index in [0.717, 1.165) is 0 Å². The largest absolute Gasteiger partial charge is 0.476 e. The van der Waals surface area contributed by atoms with Crippen LogP contribution in [0.4, 0.5) is 99.5 Å². The quantitative estimate of drug-likeness (QED) is 0.212. The van der Waals surface area contributed by atoms with Crippen LogP contribution in [-0.2, 0) is 30.7 Å². The summed E-state index contributed by atoms with van der Waals surface area (Å²) in [5, 5.41) is -20.8. The van der Waals surface area contributed by atoms with Gasteiger partial charge >= 0.3 is 67.3 Å². The summed E-state index contributed by atoms with van der Waals surface area (Å²) in [4.78, 5) is 0. The fraction of sp³-hybridized carbons (Fsp3) is 0.818. The second kappa shape index (κ2) is 18.1. The summed E-state index contributed by atoms with van der Waals surface area (Å²) >= 11 is 0. The van der Waals surface area contributed by atoms with Crippen LogP contribution in [0, 0.1) is 0 Å². The molecule has 0 aromatic heterocycles. The molecule has 0 aromatic carbocycles. The normalized spacial score (nSPS) is 12.8. The van der Waals surface area contributed by atoms with Crippen molar-refractivity contribution in [3.63, 3.8) is 0 Å². The topological polar surface area (TPSA) is 102 Å². The predicted molar refractivity (Wildman–Crippen MR) is 95.0 cm³/mol. The average molecular weight is 772 g/mol. The second-order valence-corrected chi connectivity index (χ2v) is 9.06. The third-order valence-electron chi connectivity index (χ3n) is 2.11. The van der Waals surface area contributed by atoms with Gasteiger partial charge in [-0.15, -0.1) is 0 Å². The zero-order valence-electron chi connectivity index (χ0n) is 17.4. The van der Waals surface area contributed by atoms with Crippen molar-refractivity contribution in [2.24, 2.45) is 0 Å². The minimum absolute atomic E-state index is 0. The van der Waals surface area contributed by atoms with Gasteiger partial charge in [0, 0.05) is 0 Å². The van der Waals surface area contributed by atoms with Gasteiger partial charge in [-0.05, 0) is 0 Å². The molecule has 0 aliphatic rings. The van der Waals surface area contributed by atoms with Crippen molar-refractivity contribution in [2.45, 2.75) is 49.1 Å². The molecule has 43 heavy (non-hydrogen) atoms. The molecule has 0 rings (SSSR count). The van der Waals surface area contributed by atoms with Crippen LogP contribution in [0.25, 0.3) is 0 Å². The summed E-state index contributed by atoms with van der Waals surface area (Å²) in [5.74, 6) is 0. The molecule has 0 atom stereocenters. The van der Waals surface area contributed by atoms with Gasteiger partial charge in [0.05, 0.1) is 7.18 Å². The third-order valence-corrected chi connectivity index (χ3v) is 4.77. The first-order valence-corrected chi connectivity index (χ1v) is 11.2. The van der Waals surface area contributed by atoms with Crippen LogP contribution < -0.4 is 0 Å². The third kappa shape index (κ3) is 18.4. The van der Waals surface area contributed by atoms with Crippen LogP contribution >= 0.6 is 0 Å². The molecule has 270 valence electrons. The summed E-state index contributed by atoms with van der Waals surface area (Å²) in [6, 6.07) is 0. The maximum Gasteiger partial charge on any atom is 0.476 e. The summed E-state index contributed by atoms with van der Waals surface area (Å²) < 4.78 is 309. The highest BCUT2D eigenvalue weighted by atomic mass is 32.3. The molecule has 0 bridgehead atoms. The van der Waals surface area contributed by atoms with Gasteiger partial charge in [-0.3, -0.25) is 4.39 Å². The summed E-state index contributed by atoms with van der Waals surface area (Å²) in [7, 11) is -20.3. The van der Waals surface area contributed by atoms with E-state index in [1.807, 2.05) is 0 Å². The van der Waals surface area contributed by atoms with Crippen molar-refractivity contribution in [3.8, 4) is 0 Å². The van der Waals surface area contributed by atoms with E-state index in [1.165, 1.54) is 0 Å². The second-order valence-electron chi connectivity index (χ2n) is 4.88. The Morgan fingerprint density at radius 2 is 0.558 bits per heavy atom. The fourth-order valence-electron chi connectivity index (χ4n) is 0.604. The molecule has 0 N–H and O–H groups in total. The van der Waals surface area contributed by atoms with E-state index in [2.05, 4.69) is 0 Å².